The number of fused-ring (bicyclic) bond motifs is 2. The van der Waals surface area contributed by atoms with Gasteiger partial charge in [-0.3, -0.25) is 14.9 Å². The highest BCUT2D eigenvalue weighted by Crippen LogP contribution is 2.65. The quantitative estimate of drug-likeness (QED) is 0.432. The van der Waals surface area contributed by atoms with Gasteiger partial charge in [0.2, 0.25) is 0 Å². The van der Waals surface area contributed by atoms with Gasteiger partial charge in [-0.25, -0.2) is 4.98 Å². The van der Waals surface area contributed by atoms with Gasteiger partial charge in [-0.15, -0.1) is 0 Å². The van der Waals surface area contributed by atoms with Crippen LogP contribution in [-0.2, 0) is 4.79 Å². The third-order valence-corrected chi connectivity index (χ3v) is 7.78. The zero-order valence-corrected chi connectivity index (χ0v) is 17.7. The first-order valence-corrected chi connectivity index (χ1v) is 10.8. The summed E-state index contributed by atoms with van der Waals surface area (Å²) in [6.07, 6.45) is 3.55. The van der Waals surface area contributed by atoms with Gasteiger partial charge in [0.25, 0.3) is 5.69 Å². The number of nitrogens with one attached hydrogen (secondary N) is 1. The fourth-order valence-corrected chi connectivity index (χ4v) is 5.89. The maximum atomic E-state index is 13.0. The topological polar surface area (TPSA) is 109 Å². The molecule has 1 heterocycles. The predicted molar refractivity (Wildman–Crippen MR) is 114 cm³/mol. The number of Topliss-reactive ketones (excluding diaryl/α,β-unsaturated/α-hetero) is 1. The average molecular weight is 423 g/mol. The number of aromatic nitrogens is 2. The van der Waals surface area contributed by atoms with Crippen LogP contribution in [0.1, 0.15) is 33.6 Å². The number of nitro benzene ring substituents is 1. The van der Waals surface area contributed by atoms with E-state index in [2.05, 4.69) is 9.97 Å². The number of nitrogens with zero attached hydrogens (tertiary/aromatic N) is 2. The fourth-order valence-electron chi connectivity index (χ4n) is 4.89. The molecular formula is C22H21N3O4S. The van der Waals surface area contributed by atoms with Gasteiger partial charge in [-0.2, -0.15) is 0 Å². The van der Waals surface area contributed by atoms with Crippen molar-refractivity contribution >= 4 is 34.3 Å². The van der Waals surface area contributed by atoms with Crippen LogP contribution >= 0.6 is 11.8 Å². The van der Waals surface area contributed by atoms with Gasteiger partial charge in [0.1, 0.15) is 5.60 Å². The van der Waals surface area contributed by atoms with Crippen molar-refractivity contribution in [1.82, 2.24) is 9.97 Å². The summed E-state index contributed by atoms with van der Waals surface area (Å²) in [6.45, 7) is 5.69. The number of allylic oxidation sites excluding steroid dienone is 3. The zero-order valence-electron chi connectivity index (χ0n) is 16.9. The molecule has 8 heteroatoms. The smallest absolute Gasteiger partial charge is 0.271 e. The number of nitro groups is 1. The summed E-state index contributed by atoms with van der Waals surface area (Å²) in [7, 11) is 0. The molecule has 5 rings (SSSR count). The Labute approximate surface area is 177 Å². The summed E-state index contributed by atoms with van der Waals surface area (Å²) in [5, 5.41) is 22.6. The van der Waals surface area contributed by atoms with E-state index in [4.69, 9.17) is 0 Å². The second-order valence-corrected chi connectivity index (χ2v) is 9.46. The highest BCUT2D eigenvalue weighted by Gasteiger charge is 2.65. The normalized spacial score (nSPS) is 24.7. The summed E-state index contributed by atoms with van der Waals surface area (Å²) < 4.78 is 0. The SMILES string of the molecule is CC1=C(CSc2nc3cc([N+](=O)[O-])ccc3[nH]2)C2=C(C)C3(CC3)[C@@](C)(O)C(=O)C2=C1. The van der Waals surface area contributed by atoms with Crippen LogP contribution in [-0.4, -0.2) is 37.1 Å². The van der Waals surface area contributed by atoms with Gasteiger partial charge >= 0.3 is 0 Å². The molecule has 3 aliphatic carbocycles. The third-order valence-electron chi connectivity index (χ3n) is 6.88. The molecule has 1 aromatic carbocycles. The number of carbonyl (C=O) groups is 1. The Kier molecular flexibility index (Phi) is 3.95. The number of non-ortho nitro benzene ring substituents is 1. The molecule has 1 fully saturated rings. The summed E-state index contributed by atoms with van der Waals surface area (Å²) in [4.78, 5) is 31.3. The standard InChI is InChI=1S/C22H21N3O4S/c1-11-8-14-18(12(2)22(6-7-22)21(3,27)19(14)26)15(11)10-30-20-23-16-5-4-13(25(28)29)9-17(16)24-20/h4-5,8-9,27H,6-7,10H2,1-3H3,(H,23,24)/t21-/m0/s1. The van der Waals surface area contributed by atoms with Gasteiger partial charge in [0.15, 0.2) is 10.9 Å². The lowest BCUT2D eigenvalue weighted by atomic mass is 9.67. The Morgan fingerprint density at radius 1 is 1.33 bits per heavy atom. The van der Waals surface area contributed by atoms with Crippen molar-refractivity contribution in [2.45, 2.75) is 44.4 Å². The largest absolute Gasteiger partial charge is 0.381 e. The van der Waals surface area contributed by atoms with Gasteiger partial charge in [0.05, 0.1) is 16.0 Å². The van der Waals surface area contributed by atoms with E-state index in [9.17, 15) is 20.0 Å². The van der Waals surface area contributed by atoms with Crippen LogP contribution in [0.15, 0.2) is 57.3 Å². The summed E-state index contributed by atoms with van der Waals surface area (Å²) in [5.41, 5.74) is 4.36. The number of thioether (sulfide) groups is 1. The number of carbonyl (C=O) groups excluding carboxylic acids is 1. The molecule has 2 aromatic rings. The molecule has 30 heavy (non-hydrogen) atoms. The number of aromatic amines is 1. The molecule has 3 aliphatic rings. The van der Waals surface area contributed by atoms with Crippen LogP contribution in [0.3, 0.4) is 0 Å². The Hall–Kier alpha value is -2.71. The van der Waals surface area contributed by atoms with Gasteiger partial charge < -0.3 is 10.1 Å². The van der Waals surface area contributed by atoms with Crippen molar-refractivity contribution in [3.05, 3.63) is 62.3 Å². The molecule has 1 saturated carbocycles. The number of H-pyrrole nitrogens is 1. The first-order chi connectivity index (χ1) is 14.2. The third kappa shape index (κ3) is 2.50. The Morgan fingerprint density at radius 2 is 2.07 bits per heavy atom. The maximum Gasteiger partial charge on any atom is 0.271 e. The van der Waals surface area contributed by atoms with Crippen molar-refractivity contribution < 1.29 is 14.8 Å². The van der Waals surface area contributed by atoms with Gasteiger partial charge in [-0.1, -0.05) is 17.3 Å². The summed E-state index contributed by atoms with van der Waals surface area (Å²) in [6, 6.07) is 4.58. The lowest BCUT2D eigenvalue weighted by molar-refractivity contribution is -0.384. The number of imidazole rings is 1. The van der Waals surface area contributed by atoms with E-state index < -0.39 is 15.9 Å². The van der Waals surface area contributed by atoms with E-state index in [-0.39, 0.29) is 11.5 Å². The second-order valence-electron chi connectivity index (χ2n) is 8.49. The van der Waals surface area contributed by atoms with Crippen LogP contribution in [0.4, 0.5) is 5.69 Å². The molecule has 1 spiro atoms. The number of hydrogen-bond acceptors (Lipinski definition) is 6. The van der Waals surface area contributed by atoms with Crippen LogP contribution in [0.25, 0.3) is 11.0 Å². The highest BCUT2D eigenvalue weighted by atomic mass is 32.2. The molecule has 0 amide bonds. The van der Waals surface area contributed by atoms with E-state index in [0.717, 1.165) is 40.7 Å². The molecule has 1 aromatic heterocycles. The van der Waals surface area contributed by atoms with Crippen molar-refractivity contribution in [2.75, 3.05) is 5.75 Å². The molecule has 154 valence electrons. The van der Waals surface area contributed by atoms with Crippen molar-refractivity contribution in [1.29, 1.82) is 0 Å². The number of benzene rings is 1. The zero-order chi connectivity index (χ0) is 21.4. The van der Waals surface area contributed by atoms with Gasteiger partial charge in [-0.05, 0) is 62.5 Å². The van der Waals surface area contributed by atoms with E-state index >= 15 is 0 Å². The number of aliphatic hydroxyl groups is 1. The van der Waals surface area contributed by atoms with E-state index in [1.165, 1.54) is 23.9 Å². The van der Waals surface area contributed by atoms with Crippen LogP contribution < -0.4 is 0 Å². The van der Waals surface area contributed by atoms with E-state index in [1.54, 1.807) is 13.0 Å². The number of hydrogen-bond donors (Lipinski definition) is 2. The van der Waals surface area contributed by atoms with Crippen molar-refractivity contribution in [3.8, 4) is 0 Å². The van der Waals surface area contributed by atoms with Gasteiger partial charge in [0, 0.05) is 28.9 Å². The van der Waals surface area contributed by atoms with E-state index in [0.29, 0.717) is 22.0 Å². The second kappa shape index (κ2) is 6.15. The average Bonchev–Trinajstić information content (AvgIpc) is 3.32. The Balaban J connectivity index is 1.45. The number of rotatable bonds is 4. The first-order valence-electron chi connectivity index (χ1n) is 9.83. The van der Waals surface area contributed by atoms with E-state index in [1.807, 2.05) is 19.9 Å². The molecule has 1 atom stereocenters. The van der Waals surface area contributed by atoms with Crippen LogP contribution in [0, 0.1) is 15.5 Å². The molecular weight excluding hydrogens is 402 g/mol. The lowest BCUT2D eigenvalue weighted by Gasteiger charge is -2.39. The molecule has 0 aliphatic heterocycles. The minimum Gasteiger partial charge on any atom is -0.381 e. The monoisotopic (exact) mass is 423 g/mol. The molecule has 2 N–H and O–H groups in total. The maximum absolute atomic E-state index is 13.0. The summed E-state index contributed by atoms with van der Waals surface area (Å²) in [5.74, 6) is 0.433. The molecule has 0 unspecified atom stereocenters. The molecule has 7 nitrogen and oxygen atoms in total. The summed E-state index contributed by atoms with van der Waals surface area (Å²) >= 11 is 1.51. The predicted octanol–water partition coefficient (Wildman–Crippen LogP) is 4.25. The minimum atomic E-state index is -1.34. The fraction of sp³-hybridized carbons (Fsp3) is 0.364. The Bertz CT molecular complexity index is 1240. The van der Waals surface area contributed by atoms with Crippen molar-refractivity contribution in [2.24, 2.45) is 5.41 Å². The van der Waals surface area contributed by atoms with Crippen LogP contribution in [0.2, 0.25) is 0 Å². The lowest BCUT2D eigenvalue weighted by Crippen LogP contribution is -2.49. The molecule has 0 saturated heterocycles. The van der Waals surface area contributed by atoms with Crippen molar-refractivity contribution in [3.63, 3.8) is 0 Å². The first kappa shape index (κ1) is 19.3. The highest BCUT2D eigenvalue weighted by molar-refractivity contribution is 7.99. The molecule has 0 bridgehead atoms. The molecule has 0 radical (unpaired) electrons. The minimum absolute atomic E-state index is 0.0111. The number of ketones is 1. The Morgan fingerprint density at radius 3 is 2.73 bits per heavy atom. The van der Waals surface area contributed by atoms with Crippen LogP contribution in [0.5, 0.6) is 0 Å².